The van der Waals surface area contributed by atoms with Crippen molar-refractivity contribution in [2.24, 2.45) is 0 Å². The zero-order valence-corrected chi connectivity index (χ0v) is 21.6. The largest absolute Gasteiger partial charge is 0.392 e. The number of hydrogen-bond donors (Lipinski definition) is 2. The zero-order chi connectivity index (χ0) is 25.6. The molecule has 3 aromatic rings. The topological polar surface area (TPSA) is 57.5 Å². The van der Waals surface area contributed by atoms with Crippen molar-refractivity contribution in [1.82, 2.24) is 0 Å². The summed E-state index contributed by atoms with van der Waals surface area (Å²) in [6.45, 7) is 12.3. The van der Waals surface area contributed by atoms with Crippen LogP contribution in [-0.4, -0.2) is 22.1 Å². The van der Waals surface area contributed by atoms with E-state index in [1.54, 1.807) is 31.2 Å². The number of carbonyl (C=O) groups is 1. The van der Waals surface area contributed by atoms with E-state index >= 15 is 0 Å². The Morgan fingerprint density at radius 1 is 0.943 bits per heavy atom. The van der Waals surface area contributed by atoms with Gasteiger partial charge in [0.15, 0.2) is 5.78 Å². The van der Waals surface area contributed by atoms with Crippen LogP contribution in [0.15, 0.2) is 66.7 Å². The second-order valence-corrected chi connectivity index (χ2v) is 11.3. The summed E-state index contributed by atoms with van der Waals surface area (Å²) in [5, 5.41) is 21.7. The fourth-order valence-electron chi connectivity index (χ4n) is 5.13. The highest BCUT2D eigenvalue weighted by Gasteiger charge is 2.43. The summed E-state index contributed by atoms with van der Waals surface area (Å²) >= 11 is 0. The van der Waals surface area contributed by atoms with Gasteiger partial charge in [-0.2, -0.15) is 0 Å². The van der Waals surface area contributed by atoms with Crippen molar-refractivity contribution < 1.29 is 15.0 Å². The summed E-state index contributed by atoms with van der Waals surface area (Å²) < 4.78 is 0. The Morgan fingerprint density at radius 3 is 2.20 bits per heavy atom. The highest BCUT2D eigenvalue weighted by Crippen LogP contribution is 2.46. The Labute approximate surface area is 209 Å². The van der Waals surface area contributed by atoms with Crippen molar-refractivity contribution >= 4 is 17.9 Å². The highest BCUT2D eigenvalue weighted by molar-refractivity contribution is 6.02. The third-order valence-electron chi connectivity index (χ3n) is 7.77. The van der Waals surface area contributed by atoms with E-state index in [-0.39, 0.29) is 22.7 Å². The lowest BCUT2D eigenvalue weighted by molar-refractivity contribution is 0.0392. The van der Waals surface area contributed by atoms with Gasteiger partial charge in [-0.1, -0.05) is 107 Å². The molecular weight excluding hydrogens is 432 g/mol. The smallest absolute Gasteiger partial charge is 0.198 e. The summed E-state index contributed by atoms with van der Waals surface area (Å²) in [5.41, 5.74) is 4.92. The van der Waals surface area contributed by atoms with Crippen LogP contribution in [0.1, 0.15) is 84.8 Å². The van der Waals surface area contributed by atoms with Crippen LogP contribution in [0, 0.1) is 6.92 Å². The molecule has 0 radical (unpaired) electrons. The first-order valence-corrected chi connectivity index (χ1v) is 12.3. The molecule has 0 aliphatic heterocycles. The van der Waals surface area contributed by atoms with Crippen LogP contribution in [0.2, 0.25) is 0 Å². The molecule has 0 saturated carbocycles. The van der Waals surface area contributed by atoms with Crippen LogP contribution >= 0.6 is 0 Å². The minimum absolute atomic E-state index is 0.0981. The van der Waals surface area contributed by atoms with Crippen molar-refractivity contribution in [2.45, 2.75) is 70.5 Å². The number of fused-ring (bicyclic) bond motifs is 1. The number of hydrogen-bond acceptors (Lipinski definition) is 3. The molecule has 3 nitrogen and oxygen atoms in total. The number of Topliss-reactive ketones (excluding diaryl/α,β-unsaturated/α-hetero) is 1. The van der Waals surface area contributed by atoms with E-state index in [1.165, 1.54) is 16.7 Å². The molecule has 0 bridgehead atoms. The minimum atomic E-state index is -1.60. The fraction of sp³-hybridized carbons (Fsp3) is 0.344. The molecule has 4 rings (SSSR count). The maximum atomic E-state index is 12.9. The predicted octanol–water partition coefficient (Wildman–Crippen LogP) is 6.58. The van der Waals surface area contributed by atoms with Crippen molar-refractivity contribution in [3.63, 3.8) is 0 Å². The second kappa shape index (κ2) is 8.89. The number of aliphatic hydroxyl groups excluding tert-OH is 1. The van der Waals surface area contributed by atoms with E-state index in [1.807, 2.05) is 30.3 Å². The van der Waals surface area contributed by atoms with Crippen molar-refractivity contribution in [1.29, 1.82) is 0 Å². The maximum Gasteiger partial charge on any atom is 0.198 e. The molecule has 0 heterocycles. The SMILES string of the molecule is Cc1cc2c(cc1/C=C/c1ccc(C(C)(O)C(=O)c3ccccc3)cc1)C(C)(C)CC(O)C2(C)C. The molecule has 3 heteroatoms. The van der Waals surface area contributed by atoms with Crippen LogP contribution in [-0.2, 0) is 16.4 Å². The maximum absolute atomic E-state index is 12.9. The molecule has 1 aliphatic rings. The molecule has 2 unspecified atom stereocenters. The van der Waals surface area contributed by atoms with Gasteiger partial charge in [0, 0.05) is 11.0 Å². The van der Waals surface area contributed by atoms with Gasteiger partial charge in [0.2, 0.25) is 0 Å². The minimum Gasteiger partial charge on any atom is -0.392 e. The number of rotatable bonds is 5. The molecule has 0 amide bonds. The van der Waals surface area contributed by atoms with Gasteiger partial charge < -0.3 is 10.2 Å². The Balaban J connectivity index is 1.60. The first-order chi connectivity index (χ1) is 16.3. The van der Waals surface area contributed by atoms with E-state index in [0.717, 1.165) is 17.5 Å². The Bertz CT molecular complexity index is 1260. The number of ketones is 1. The molecule has 0 aromatic heterocycles. The van der Waals surface area contributed by atoms with Crippen LogP contribution in [0.25, 0.3) is 12.2 Å². The summed E-state index contributed by atoms with van der Waals surface area (Å²) in [6.07, 6.45) is 4.55. The monoisotopic (exact) mass is 468 g/mol. The second-order valence-electron chi connectivity index (χ2n) is 11.3. The highest BCUT2D eigenvalue weighted by atomic mass is 16.3. The quantitative estimate of drug-likeness (QED) is 0.329. The summed E-state index contributed by atoms with van der Waals surface area (Å²) in [6, 6.07) is 20.9. The number of carbonyl (C=O) groups excluding carboxylic acids is 1. The summed E-state index contributed by atoms with van der Waals surface area (Å²) in [4.78, 5) is 12.9. The van der Waals surface area contributed by atoms with Crippen LogP contribution in [0.4, 0.5) is 0 Å². The fourth-order valence-corrected chi connectivity index (χ4v) is 5.13. The lowest BCUT2D eigenvalue weighted by atomic mass is 9.61. The van der Waals surface area contributed by atoms with E-state index in [2.05, 4.69) is 58.9 Å². The van der Waals surface area contributed by atoms with E-state index in [9.17, 15) is 15.0 Å². The zero-order valence-electron chi connectivity index (χ0n) is 21.6. The molecular formula is C32H36O3. The number of aliphatic hydroxyl groups is 2. The number of aryl methyl sites for hydroxylation is 1. The van der Waals surface area contributed by atoms with Crippen molar-refractivity contribution in [3.8, 4) is 0 Å². The van der Waals surface area contributed by atoms with E-state index < -0.39 is 5.60 Å². The Hall–Kier alpha value is -3.01. The molecule has 1 aliphatic carbocycles. The van der Waals surface area contributed by atoms with Gasteiger partial charge >= 0.3 is 0 Å². The lowest BCUT2D eigenvalue weighted by Crippen LogP contribution is -2.45. The Morgan fingerprint density at radius 2 is 1.57 bits per heavy atom. The third-order valence-corrected chi connectivity index (χ3v) is 7.77. The van der Waals surface area contributed by atoms with Crippen molar-refractivity contribution in [2.75, 3.05) is 0 Å². The standard InChI is InChI=1S/C32H36O3/c1-21-18-27-26(30(2,3)20-28(33)31(27,4)5)19-24(21)15-12-22-13-16-25(17-14-22)32(6,35)29(34)23-10-8-7-9-11-23/h7-19,28,33,35H,20H2,1-6H3/b15-12+. The molecule has 3 aromatic carbocycles. The molecule has 0 saturated heterocycles. The average molecular weight is 469 g/mol. The molecule has 2 N–H and O–H groups in total. The van der Waals surface area contributed by atoms with Crippen LogP contribution in [0.3, 0.4) is 0 Å². The first-order valence-electron chi connectivity index (χ1n) is 12.3. The van der Waals surface area contributed by atoms with Gasteiger partial charge in [-0.15, -0.1) is 0 Å². The first kappa shape index (κ1) is 25.1. The molecule has 0 fully saturated rings. The molecule has 2 atom stereocenters. The van der Waals surface area contributed by atoms with E-state index in [4.69, 9.17) is 0 Å². The molecule has 0 spiro atoms. The van der Waals surface area contributed by atoms with Gasteiger partial charge in [0.1, 0.15) is 5.60 Å². The van der Waals surface area contributed by atoms with Gasteiger partial charge in [-0.25, -0.2) is 0 Å². The number of benzene rings is 3. The Kier molecular flexibility index (Phi) is 6.37. The van der Waals surface area contributed by atoms with Gasteiger partial charge in [0.25, 0.3) is 0 Å². The predicted molar refractivity (Wildman–Crippen MR) is 144 cm³/mol. The lowest BCUT2D eigenvalue weighted by Gasteiger charge is -2.45. The van der Waals surface area contributed by atoms with Crippen LogP contribution in [0.5, 0.6) is 0 Å². The third kappa shape index (κ3) is 4.63. The van der Waals surface area contributed by atoms with Gasteiger partial charge in [-0.3, -0.25) is 4.79 Å². The van der Waals surface area contributed by atoms with Gasteiger partial charge in [-0.05, 0) is 59.1 Å². The molecule has 35 heavy (non-hydrogen) atoms. The van der Waals surface area contributed by atoms with Crippen molar-refractivity contribution in [3.05, 3.63) is 106 Å². The van der Waals surface area contributed by atoms with E-state index in [0.29, 0.717) is 11.1 Å². The average Bonchev–Trinajstić information content (AvgIpc) is 2.82. The van der Waals surface area contributed by atoms with Crippen LogP contribution < -0.4 is 0 Å². The summed E-state index contributed by atoms with van der Waals surface area (Å²) in [7, 11) is 0. The summed E-state index contributed by atoms with van der Waals surface area (Å²) in [5.74, 6) is -0.318. The van der Waals surface area contributed by atoms with Gasteiger partial charge in [0.05, 0.1) is 6.10 Å². The molecule has 182 valence electrons. The normalized spacial score (nSPS) is 20.3.